The normalized spacial score (nSPS) is 14.5. The van der Waals surface area contributed by atoms with Crippen LogP contribution in [0, 0.1) is 5.41 Å². The summed E-state index contributed by atoms with van der Waals surface area (Å²) in [7, 11) is 0. The van der Waals surface area contributed by atoms with Crippen molar-refractivity contribution >= 4 is 5.78 Å². The summed E-state index contributed by atoms with van der Waals surface area (Å²) in [6, 6.07) is 0. The van der Waals surface area contributed by atoms with Gasteiger partial charge in [0.1, 0.15) is 0 Å². The summed E-state index contributed by atoms with van der Waals surface area (Å²) in [5.41, 5.74) is -1.05. The van der Waals surface area contributed by atoms with E-state index in [1.165, 1.54) is 20.8 Å². The number of alkyl halides is 4. The van der Waals surface area contributed by atoms with Gasteiger partial charge in [-0.2, -0.15) is 8.78 Å². The Morgan fingerprint density at radius 1 is 1.27 bits per heavy atom. The molecule has 0 unspecified atom stereocenters. The maximum absolute atomic E-state index is 12.4. The SMILES string of the molecule is CC(C)(C)/C([O-])=C\C(=O)C(F)(F)C(F)F. The Labute approximate surface area is 84.6 Å². The summed E-state index contributed by atoms with van der Waals surface area (Å²) in [5.74, 6) is -7.86. The van der Waals surface area contributed by atoms with Crippen molar-refractivity contribution in [2.75, 3.05) is 0 Å². The molecule has 0 saturated heterocycles. The standard InChI is InChI=1S/C9H12F4O2/c1-8(2,3)5(14)4-6(15)9(12,13)7(10)11/h4,7,14H,1-3H3/p-1/b5-4+. The van der Waals surface area contributed by atoms with Crippen LogP contribution in [0.1, 0.15) is 20.8 Å². The molecule has 0 aromatic carbocycles. The number of allylic oxidation sites excluding steroid dienone is 2. The molecule has 0 aromatic rings. The first kappa shape index (κ1) is 13.9. The van der Waals surface area contributed by atoms with E-state index in [1.54, 1.807) is 0 Å². The molecule has 15 heavy (non-hydrogen) atoms. The third-order valence-corrected chi connectivity index (χ3v) is 1.60. The lowest BCUT2D eigenvalue weighted by molar-refractivity contribution is -0.322. The number of hydrogen-bond acceptors (Lipinski definition) is 2. The van der Waals surface area contributed by atoms with E-state index in [9.17, 15) is 27.5 Å². The minimum absolute atomic E-state index is 0.0339. The average molecular weight is 227 g/mol. The molecule has 0 atom stereocenters. The van der Waals surface area contributed by atoms with Crippen LogP contribution >= 0.6 is 0 Å². The van der Waals surface area contributed by atoms with Gasteiger partial charge < -0.3 is 5.11 Å². The van der Waals surface area contributed by atoms with Crippen molar-refractivity contribution in [3.8, 4) is 0 Å². The average Bonchev–Trinajstić information content (AvgIpc) is 2.01. The molecule has 0 N–H and O–H groups in total. The van der Waals surface area contributed by atoms with Crippen LogP contribution in [-0.4, -0.2) is 18.1 Å². The van der Waals surface area contributed by atoms with E-state index in [0.717, 1.165) is 0 Å². The Morgan fingerprint density at radius 2 is 1.67 bits per heavy atom. The molecule has 0 aromatic heterocycles. The first-order chi connectivity index (χ1) is 6.49. The zero-order valence-electron chi connectivity index (χ0n) is 8.48. The minimum atomic E-state index is -4.79. The maximum Gasteiger partial charge on any atom is 0.368 e. The molecule has 0 rings (SSSR count). The molecule has 2 nitrogen and oxygen atoms in total. The zero-order valence-corrected chi connectivity index (χ0v) is 8.48. The highest BCUT2D eigenvalue weighted by Crippen LogP contribution is 2.27. The van der Waals surface area contributed by atoms with Gasteiger partial charge in [0.05, 0.1) is 0 Å². The van der Waals surface area contributed by atoms with E-state index < -0.39 is 29.3 Å². The smallest absolute Gasteiger partial charge is 0.368 e. The Balaban J connectivity index is 4.92. The van der Waals surface area contributed by atoms with Gasteiger partial charge in [-0.3, -0.25) is 4.79 Å². The number of carbonyl (C=O) groups is 1. The number of carbonyl (C=O) groups excluding carboxylic acids is 1. The van der Waals surface area contributed by atoms with E-state index in [4.69, 9.17) is 0 Å². The van der Waals surface area contributed by atoms with E-state index in [1.807, 2.05) is 0 Å². The van der Waals surface area contributed by atoms with Crippen molar-refractivity contribution in [3.05, 3.63) is 11.8 Å². The highest BCUT2D eigenvalue weighted by Gasteiger charge is 2.47. The van der Waals surface area contributed by atoms with Crippen LogP contribution < -0.4 is 5.11 Å². The van der Waals surface area contributed by atoms with Crippen LogP contribution in [-0.2, 0) is 4.79 Å². The number of rotatable bonds is 3. The molecule has 0 heterocycles. The second-order valence-corrected chi connectivity index (χ2v) is 4.05. The van der Waals surface area contributed by atoms with Gasteiger partial charge in [0.25, 0.3) is 0 Å². The Bertz CT molecular complexity index is 276. The molecule has 0 radical (unpaired) electrons. The fourth-order valence-electron chi connectivity index (χ4n) is 0.539. The van der Waals surface area contributed by atoms with Gasteiger partial charge in [-0.15, -0.1) is 5.76 Å². The highest BCUT2D eigenvalue weighted by molar-refractivity contribution is 5.96. The van der Waals surface area contributed by atoms with Gasteiger partial charge in [0.15, 0.2) is 0 Å². The molecule has 0 aliphatic carbocycles. The Kier molecular flexibility index (Phi) is 3.90. The lowest BCUT2D eigenvalue weighted by atomic mass is 9.92. The van der Waals surface area contributed by atoms with Crippen molar-refractivity contribution in [2.45, 2.75) is 33.1 Å². The van der Waals surface area contributed by atoms with Crippen LogP contribution in [0.5, 0.6) is 0 Å². The minimum Gasteiger partial charge on any atom is -0.875 e. The predicted octanol–water partition coefficient (Wildman–Crippen LogP) is 1.75. The van der Waals surface area contributed by atoms with E-state index >= 15 is 0 Å². The first-order valence-corrected chi connectivity index (χ1v) is 4.09. The topological polar surface area (TPSA) is 40.1 Å². The van der Waals surface area contributed by atoms with Gasteiger partial charge in [-0.1, -0.05) is 20.8 Å². The first-order valence-electron chi connectivity index (χ1n) is 4.09. The molecule has 0 fully saturated rings. The number of hydrogen-bond donors (Lipinski definition) is 0. The molecular weight excluding hydrogens is 216 g/mol. The Morgan fingerprint density at radius 3 is 1.93 bits per heavy atom. The van der Waals surface area contributed by atoms with Gasteiger partial charge in [-0.05, 0) is 11.5 Å². The Hall–Kier alpha value is -1.07. The zero-order chi connectivity index (χ0) is 12.4. The summed E-state index contributed by atoms with van der Waals surface area (Å²) >= 11 is 0. The van der Waals surface area contributed by atoms with Crippen LogP contribution in [0.4, 0.5) is 17.6 Å². The van der Waals surface area contributed by atoms with Crippen molar-refractivity contribution in [1.82, 2.24) is 0 Å². The maximum atomic E-state index is 12.4. The van der Waals surface area contributed by atoms with Crippen LogP contribution in [0.25, 0.3) is 0 Å². The summed E-state index contributed by atoms with van der Waals surface area (Å²) in [4.78, 5) is 10.7. The van der Waals surface area contributed by atoms with Crippen molar-refractivity contribution < 1.29 is 27.5 Å². The lowest BCUT2D eigenvalue weighted by Gasteiger charge is -2.28. The second kappa shape index (κ2) is 4.20. The number of halogens is 4. The molecule has 6 heteroatoms. The van der Waals surface area contributed by atoms with Crippen molar-refractivity contribution in [2.24, 2.45) is 5.41 Å². The van der Waals surface area contributed by atoms with Crippen molar-refractivity contribution in [1.29, 1.82) is 0 Å². The molecule has 0 amide bonds. The molecule has 0 saturated carbocycles. The summed E-state index contributed by atoms with van der Waals surface area (Å²) in [6.07, 6.45) is -4.07. The molecule has 0 aliphatic heterocycles. The van der Waals surface area contributed by atoms with Crippen LogP contribution in [0.3, 0.4) is 0 Å². The van der Waals surface area contributed by atoms with Crippen molar-refractivity contribution in [3.63, 3.8) is 0 Å². The van der Waals surface area contributed by atoms with Gasteiger partial charge >= 0.3 is 12.3 Å². The lowest BCUT2D eigenvalue weighted by Crippen LogP contribution is -2.36. The fraction of sp³-hybridized carbons (Fsp3) is 0.667. The second-order valence-electron chi connectivity index (χ2n) is 4.05. The monoisotopic (exact) mass is 227 g/mol. The quantitative estimate of drug-likeness (QED) is 0.418. The van der Waals surface area contributed by atoms with Crippen LogP contribution in [0.2, 0.25) is 0 Å². The largest absolute Gasteiger partial charge is 0.875 e. The van der Waals surface area contributed by atoms with Gasteiger partial charge in [0, 0.05) is 0 Å². The van der Waals surface area contributed by atoms with Crippen LogP contribution in [0.15, 0.2) is 11.8 Å². The molecular formula is C9H11F4O2-. The predicted molar refractivity (Wildman–Crippen MR) is 43.5 cm³/mol. The molecule has 0 bridgehead atoms. The summed E-state index contributed by atoms with van der Waals surface area (Å²) in [5, 5.41) is 11.1. The van der Waals surface area contributed by atoms with E-state index in [-0.39, 0.29) is 6.08 Å². The third-order valence-electron chi connectivity index (χ3n) is 1.60. The number of ketones is 1. The van der Waals surface area contributed by atoms with E-state index in [2.05, 4.69) is 0 Å². The molecule has 88 valence electrons. The van der Waals surface area contributed by atoms with Gasteiger partial charge in [0.2, 0.25) is 5.78 Å². The summed E-state index contributed by atoms with van der Waals surface area (Å²) in [6.45, 7) is 4.17. The molecule has 0 spiro atoms. The molecule has 0 aliphatic rings. The fourth-order valence-corrected chi connectivity index (χ4v) is 0.539. The summed E-state index contributed by atoms with van der Waals surface area (Å²) < 4.78 is 48.2. The third kappa shape index (κ3) is 3.53. The highest BCUT2D eigenvalue weighted by atomic mass is 19.3. The van der Waals surface area contributed by atoms with Gasteiger partial charge in [-0.25, -0.2) is 8.78 Å². The van der Waals surface area contributed by atoms with E-state index in [0.29, 0.717) is 0 Å².